The van der Waals surface area contributed by atoms with Gasteiger partial charge in [0.1, 0.15) is 31.0 Å². The van der Waals surface area contributed by atoms with Gasteiger partial charge in [-0.15, -0.1) is 0 Å². The minimum Gasteiger partial charge on any atom is -0.463 e. The topological polar surface area (TPSA) is 105 Å². The molecule has 4 aliphatic carbocycles. The largest absolute Gasteiger partial charge is 0.463 e. The van der Waals surface area contributed by atoms with Gasteiger partial charge in [0.2, 0.25) is 0 Å². The van der Waals surface area contributed by atoms with Crippen molar-refractivity contribution < 1.29 is 34.3 Å². The van der Waals surface area contributed by atoms with E-state index in [9.17, 15) is 20.1 Å². The second-order valence-electron chi connectivity index (χ2n) is 20.8. The Balaban J connectivity index is 1.03. The third-order valence-electron chi connectivity index (χ3n) is 16.7. The minimum atomic E-state index is -1.45. The highest BCUT2D eigenvalue weighted by Gasteiger charge is 2.59. The first-order valence-electron chi connectivity index (χ1n) is 25.0. The molecule has 7 heteroatoms. The Morgan fingerprint density at radius 3 is 2.28 bits per heavy atom. The van der Waals surface area contributed by atoms with E-state index in [2.05, 4.69) is 91.0 Å². The second-order valence-corrected chi connectivity index (χ2v) is 20.8. The van der Waals surface area contributed by atoms with Crippen LogP contribution in [0.1, 0.15) is 183 Å². The number of carbonyl (C=O) groups excluding carboxylic acids is 1. The molecule has 1 aliphatic heterocycles. The molecule has 0 radical (unpaired) electrons. The maximum atomic E-state index is 12.6. The minimum absolute atomic E-state index is 0.148. The molecule has 14 atom stereocenters. The molecule has 4 fully saturated rings. The highest BCUT2D eigenvalue weighted by Crippen LogP contribution is 2.67. The van der Waals surface area contributed by atoms with Gasteiger partial charge in [0.05, 0.1) is 6.10 Å². The zero-order valence-electron chi connectivity index (χ0n) is 39.1. The normalized spacial score (nSPS) is 36.7. The van der Waals surface area contributed by atoms with Crippen molar-refractivity contribution in [3.05, 3.63) is 48.1 Å². The third kappa shape index (κ3) is 12.5. The Bertz CT molecular complexity index is 1420. The maximum Gasteiger partial charge on any atom is 0.305 e. The predicted molar refractivity (Wildman–Crippen MR) is 244 cm³/mol. The fourth-order valence-electron chi connectivity index (χ4n) is 12.9. The maximum absolute atomic E-state index is 12.6. The van der Waals surface area contributed by atoms with Crippen molar-refractivity contribution in [1.82, 2.24) is 0 Å². The van der Waals surface area contributed by atoms with Gasteiger partial charge < -0.3 is 29.5 Å². The van der Waals surface area contributed by atoms with Crippen molar-refractivity contribution in [3.63, 3.8) is 0 Å². The van der Waals surface area contributed by atoms with Crippen LogP contribution >= 0.6 is 0 Å². The molecule has 3 unspecified atom stereocenters. The monoisotopic (exact) mass is 837 g/mol. The van der Waals surface area contributed by atoms with Crippen molar-refractivity contribution in [1.29, 1.82) is 0 Å². The van der Waals surface area contributed by atoms with Gasteiger partial charge >= 0.3 is 5.97 Å². The SMILES string of the molecule is CC/C=C\C/C=C\C/C=C\CCCCCCCC(=O)OCC1O[C@@H](O[C@H]2CC[C@@]3(C)C(=CC[C@H]4[C@@H]5CC[C@H]([C@H](C)CC[C@@H](CC)C(C)C)[C@@]5(C)CC[C@@H]43)C2)C(O)C(O)[C@@H]1O. The van der Waals surface area contributed by atoms with Crippen LogP contribution < -0.4 is 0 Å². The summed E-state index contributed by atoms with van der Waals surface area (Å²) in [7, 11) is 0. The summed E-state index contributed by atoms with van der Waals surface area (Å²) in [6.45, 7) is 16.9. The van der Waals surface area contributed by atoms with E-state index < -0.39 is 30.7 Å². The van der Waals surface area contributed by atoms with Crippen LogP contribution in [-0.2, 0) is 19.0 Å². The number of esters is 1. The summed E-state index contributed by atoms with van der Waals surface area (Å²) in [6.07, 6.45) is 32.3. The standard InChI is InChI=1S/C53H88O7/c1-8-10-11-12-13-14-15-16-17-18-19-20-21-22-23-24-47(54)58-36-46-48(55)49(56)50(57)51(60-46)59-41-31-33-52(6)40(35-41)27-28-42-44-30-29-43(53(44,7)34-32-45(42)52)38(5)25-26-39(9-2)37(3)4/h10-11,13-14,16-17,27,37-39,41-46,48-51,55-57H,8-9,12,15,18-26,28-36H2,1-7H3/b11-10-,14-13-,17-16-/t38-,39-,41+,42+,43-,44+,45+,46?,48-,49?,50?,51-,52+,53-/m1/s1. The van der Waals surface area contributed by atoms with Crippen molar-refractivity contribution in [2.75, 3.05) is 6.61 Å². The number of carbonyl (C=O) groups is 1. The molecule has 0 aromatic heterocycles. The quantitative estimate of drug-likeness (QED) is 0.0535. The fourth-order valence-corrected chi connectivity index (χ4v) is 12.9. The van der Waals surface area contributed by atoms with E-state index in [0.717, 1.165) is 119 Å². The smallest absolute Gasteiger partial charge is 0.305 e. The van der Waals surface area contributed by atoms with Crippen LogP contribution in [0.4, 0.5) is 0 Å². The summed E-state index contributed by atoms with van der Waals surface area (Å²) in [4.78, 5) is 12.6. The van der Waals surface area contributed by atoms with Crippen molar-refractivity contribution in [2.45, 2.75) is 220 Å². The first-order valence-corrected chi connectivity index (χ1v) is 25.0. The van der Waals surface area contributed by atoms with Crippen molar-refractivity contribution >= 4 is 5.97 Å². The van der Waals surface area contributed by atoms with E-state index in [0.29, 0.717) is 17.8 Å². The van der Waals surface area contributed by atoms with Gasteiger partial charge in [-0.2, -0.15) is 0 Å². The highest BCUT2D eigenvalue weighted by molar-refractivity contribution is 5.69. The predicted octanol–water partition coefficient (Wildman–Crippen LogP) is 12.0. The lowest BCUT2D eigenvalue weighted by molar-refractivity contribution is -0.313. The number of aliphatic hydroxyl groups excluding tert-OH is 3. The van der Waals surface area contributed by atoms with Gasteiger partial charge in [0.25, 0.3) is 0 Å². The molecule has 1 saturated heterocycles. The Morgan fingerprint density at radius 1 is 0.833 bits per heavy atom. The molecule has 0 bridgehead atoms. The average molecular weight is 837 g/mol. The summed E-state index contributed by atoms with van der Waals surface area (Å²) < 4.78 is 18.0. The van der Waals surface area contributed by atoms with E-state index in [-0.39, 0.29) is 24.1 Å². The van der Waals surface area contributed by atoms with E-state index in [4.69, 9.17) is 14.2 Å². The Kier molecular flexibility index (Phi) is 19.5. The molecule has 3 saturated carbocycles. The molecule has 0 amide bonds. The van der Waals surface area contributed by atoms with Crippen LogP contribution in [0, 0.1) is 52.3 Å². The summed E-state index contributed by atoms with van der Waals surface area (Å²) in [6, 6.07) is 0. The highest BCUT2D eigenvalue weighted by atomic mass is 16.7. The number of rotatable bonds is 23. The number of allylic oxidation sites excluding steroid dienone is 7. The molecule has 342 valence electrons. The molecule has 0 aromatic carbocycles. The van der Waals surface area contributed by atoms with Gasteiger partial charge in [-0.05, 0) is 149 Å². The second kappa shape index (κ2) is 23.8. The Morgan fingerprint density at radius 2 is 1.55 bits per heavy atom. The molecule has 7 nitrogen and oxygen atoms in total. The van der Waals surface area contributed by atoms with Crippen molar-refractivity contribution in [2.24, 2.45) is 52.3 Å². The summed E-state index contributed by atoms with van der Waals surface area (Å²) in [5.41, 5.74) is 2.11. The van der Waals surface area contributed by atoms with E-state index >= 15 is 0 Å². The Hall–Kier alpha value is -1.77. The lowest BCUT2D eigenvalue weighted by Gasteiger charge is -2.58. The molecule has 1 heterocycles. The van der Waals surface area contributed by atoms with Crippen LogP contribution in [0.25, 0.3) is 0 Å². The first-order chi connectivity index (χ1) is 28.8. The average Bonchev–Trinajstić information content (AvgIpc) is 3.59. The van der Waals surface area contributed by atoms with E-state index in [1.807, 2.05) is 0 Å². The van der Waals surface area contributed by atoms with Gasteiger partial charge in [0.15, 0.2) is 6.29 Å². The van der Waals surface area contributed by atoms with Gasteiger partial charge in [-0.25, -0.2) is 0 Å². The number of hydrogen-bond donors (Lipinski definition) is 3. The molecule has 60 heavy (non-hydrogen) atoms. The molecule has 5 aliphatic rings. The zero-order valence-corrected chi connectivity index (χ0v) is 39.1. The third-order valence-corrected chi connectivity index (χ3v) is 16.7. The summed E-state index contributed by atoms with van der Waals surface area (Å²) >= 11 is 0. The molecule has 5 rings (SSSR count). The number of unbranched alkanes of at least 4 members (excludes halogenated alkanes) is 5. The Labute approximate surface area is 366 Å². The van der Waals surface area contributed by atoms with Crippen LogP contribution in [0.2, 0.25) is 0 Å². The number of fused-ring (bicyclic) bond motifs is 5. The van der Waals surface area contributed by atoms with Gasteiger partial charge in [-0.1, -0.05) is 129 Å². The molecule has 0 spiro atoms. The van der Waals surface area contributed by atoms with E-state index in [1.54, 1.807) is 0 Å². The van der Waals surface area contributed by atoms with Crippen LogP contribution in [0.3, 0.4) is 0 Å². The van der Waals surface area contributed by atoms with Crippen LogP contribution in [0.5, 0.6) is 0 Å². The van der Waals surface area contributed by atoms with E-state index in [1.165, 1.54) is 50.5 Å². The lowest BCUT2D eigenvalue weighted by Crippen LogP contribution is -2.60. The zero-order chi connectivity index (χ0) is 43.3. The molecular formula is C53H88O7. The van der Waals surface area contributed by atoms with Crippen LogP contribution in [0.15, 0.2) is 48.1 Å². The van der Waals surface area contributed by atoms with Crippen LogP contribution in [-0.4, -0.2) is 64.7 Å². The fraction of sp³-hybridized carbons (Fsp3) is 0.830. The van der Waals surface area contributed by atoms with Crippen molar-refractivity contribution in [3.8, 4) is 0 Å². The number of ether oxygens (including phenoxy) is 3. The summed E-state index contributed by atoms with van der Waals surface area (Å²) in [5, 5.41) is 32.5. The molecule has 3 N–H and O–H groups in total. The first kappa shape index (κ1) is 49.2. The molecular weight excluding hydrogens is 749 g/mol. The van der Waals surface area contributed by atoms with Gasteiger partial charge in [0, 0.05) is 6.42 Å². The van der Waals surface area contributed by atoms with Gasteiger partial charge in [-0.3, -0.25) is 4.79 Å². The lowest BCUT2D eigenvalue weighted by atomic mass is 9.47. The molecule has 0 aromatic rings. The summed E-state index contributed by atoms with van der Waals surface area (Å²) in [5.74, 6) is 5.19. The number of aliphatic hydroxyl groups is 3. The number of hydrogen-bond acceptors (Lipinski definition) is 7.